The van der Waals surface area contributed by atoms with E-state index in [-0.39, 0.29) is 28.4 Å². The zero-order chi connectivity index (χ0) is 19.1. The van der Waals surface area contributed by atoms with Crippen LogP contribution in [0.4, 0.5) is 14.5 Å². The van der Waals surface area contributed by atoms with Crippen LogP contribution in [0.5, 0.6) is 0 Å². The second-order valence-electron chi connectivity index (χ2n) is 5.50. The van der Waals surface area contributed by atoms with Crippen LogP contribution in [0.3, 0.4) is 0 Å². The third-order valence-electron chi connectivity index (χ3n) is 3.34. The maximum absolute atomic E-state index is 12.6. The molecule has 26 heavy (non-hydrogen) atoms. The molecule has 0 spiro atoms. The van der Waals surface area contributed by atoms with E-state index >= 15 is 0 Å². The van der Waals surface area contributed by atoms with E-state index in [1.807, 2.05) is 19.9 Å². The van der Waals surface area contributed by atoms with Gasteiger partial charge in [-0.25, -0.2) is 9.78 Å². The molecule has 0 saturated heterocycles. The third-order valence-corrected chi connectivity index (χ3v) is 4.06. The van der Waals surface area contributed by atoms with Crippen molar-refractivity contribution in [3.8, 4) is 0 Å². The van der Waals surface area contributed by atoms with Gasteiger partial charge in [-0.1, -0.05) is 18.2 Å². The Kier molecular flexibility index (Phi) is 7.08. The first-order valence-corrected chi connectivity index (χ1v) is 8.72. The third kappa shape index (κ3) is 5.26. The Morgan fingerprint density at radius 2 is 1.85 bits per heavy atom. The largest absolute Gasteiger partial charge is 0.452 e. The summed E-state index contributed by atoms with van der Waals surface area (Å²) < 4.78 is 30.2. The van der Waals surface area contributed by atoms with Crippen molar-refractivity contribution in [1.29, 1.82) is 0 Å². The molecule has 1 heterocycles. The number of nitrogens with zero attached hydrogens (tertiary/aromatic N) is 2. The molecule has 0 fully saturated rings. The van der Waals surface area contributed by atoms with Crippen LogP contribution in [0.25, 0.3) is 0 Å². The zero-order valence-corrected chi connectivity index (χ0v) is 15.1. The van der Waals surface area contributed by atoms with Crippen LogP contribution in [0.2, 0.25) is 0 Å². The molecule has 1 aromatic carbocycles. The fraction of sp³-hybridized carbons (Fsp3) is 0.278. The van der Waals surface area contributed by atoms with Gasteiger partial charge in [-0.15, -0.1) is 0 Å². The molecule has 0 N–H and O–H groups in total. The summed E-state index contributed by atoms with van der Waals surface area (Å²) in [5.41, 5.74) is 0.584. The van der Waals surface area contributed by atoms with Crippen molar-refractivity contribution in [2.45, 2.75) is 30.7 Å². The van der Waals surface area contributed by atoms with Gasteiger partial charge in [-0.3, -0.25) is 4.79 Å². The number of hydrogen-bond acceptors (Lipinski definition) is 5. The van der Waals surface area contributed by atoms with Crippen LogP contribution in [-0.2, 0) is 9.53 Å². The SMILES string of the molecule is CC(C)N(C(=O)COC(=O)c1cccnc1SC(F)F)c1ccccc1. The predicted octanol–water partition coefficient (Wildman–Crippen LogP) is 3.99. The van der Waals surface area contributed by atoms with Crippen molar-refractivity contribution in [2.24, 2.45) is 0 Å². The van der Waals surface area contributed by atoms with Gasteiger partial charge >= 0.3 is 5.97 Å². The van der Waals surface area contributed by atoms with Crippen molar-refractivity contribution in [1.82, 2.24) is 4.98 Å². The van der Waals surface area contributed by atoms with Crippen LogP contribution < -0.4 is 4.90 Å². The molecule has 0 bridgehead atoms. The molecule has 2 rings (SSSR count). The number of anilines is 1. The van der Waals surface area contributed by atoms with Gasteiger partial charge in [0.05, 0.1) is 5.56 Å². The highest BCUT2D eigenvalue weighted by molar-refractivity contribution is 7.99. The summed E-state index contributed by atoms with van der Waals surface area (Å²) in [6, 6.07) is 11.6. The lowest BCUT2D eigenvalue weighted by Crippen LogP contribution is -2.39. The van der Waals surface area contributed by atoms with Gasteiger partial charge in [0.1, 0.15) is 5.03 Å². The van der Waals surface area contributed by atoms with Crippen molar-refractivity contribution in [2.75, 3.05) is 11.5 Å². The lowest BCUT2D eigenvalue weighted by molar-refractivity contribution is -0.122. The molecule has 8 heteroatoms. The summed E-state index contributed by atoms with van der Waals surface area (Å²) in [7, 11) is 0. The first-order chi connectivity index (χ1) is 12.4. The summed E-state index contributed by atoms with van der Waals surface area (Å²) in [5.74, 6) is -3.99. The molecule has 0 unspecified atom stereocenters. The number of thioether (sulfide) groups is 1. The predicted molar refractivity (Wildman–Crippen MR) is 95.4 cm³/mol. The Morgan fingerprint density at radius 1 is 1.15 bits per heavy atom. The summed E-state index contributed by atoms with van der Waals surface area (Å²) >= 11 is 0.155. The highest BCUT2D eigenvalue weighted by Gasteiger charge is 2.22. The lowest BCUT2D eigenvalue weighted by atomic mass is 10.2. The topological polar surface area (TPSA) is 59.5 Å². The summed E-state index contributed by atoms with van der Waals surface area (Å²) in [6.07, 6.45) is 1.31. The molecule has 0 aliphatic rings. The van der Waals surface area contributed by atoms with Crippen molar-refractivity contribution in [3.63, 3.8) is 0 Å². The second kappa shape index (κ2) is 9.28. The minimum Gasteiger partial charge on any atom is -0.452 e. The van der Waals surface area contributed by atoms with E-state index in [2.05, 4.69) is 4.98 Å². The van der Waals surface area contributed by atoms with Gasteiger partial charge in [0.2, 0.25) is 0 Å². The monoisotopic (exact) mass is 380 g/mol. The number of amides is 1. The molecule has 0 aliphatic heterocycles. The van der Waals surface area contributed by atoms with E-state index in [4.69, 9.17) is 4.74 Å². The number of benzene rings is 1. The zero-order valence-electron chi connectivity index (χ0n) is 14.3. The van der Waals surface area contributed by atoms with E-state index < -0.39 is 24.2 Å². The van der Waals surface area contributed by atoms with Crippen LogP contribution >= 0.6 is 11.8 Å². The highest BCUT2D eigenvalue weighted by Crippen LogP contribution is 2.26. The van der Waals surface area contributed by atoms with Crippen molar-refractivity contribution >= 4 is 29.3 Å². The van der Waals surface area contributed by atoms with Crippen LogP contribution in [0.15, 0.2) is 53.7 Å². The lowest BCUT2D eigenvalue weighted by Gasteiger charge is -2.26. The first kappa shape index (κ1) is 19.8. The van der Waals surface area contributed by atoms with Gasteiger partial charge in [0.15, 0.2) is 6.61 Å². The quantitative estimate of drug-likeness (QED) is 0.537. The maximum atomic E-state index is 12.6. The number of rotatable bonds is 7. The minimum atomic E-state index is -2.72. The number of hydrogen-bond donors (Lipinski definition) is 0. The van der Waals surface area contributed by atoms with Crippen LogP contribution in [0.1, 0.15) is 24.2 Å². The number of esters is 1. The molecule has 0 radical (unpaired) electrons. The summed E-state index contributed by atoms with van der Waals surface area (Å²) in [5, 5.41) is -0.135. The molecule has 5 nitrogen and oxygen atoms in total. The molecule has 0 aliphatic carbocycles. The Morgan fingerprint density at radius 3 is 2.46 bits per heavy atom. The van der Waals surface area contributed by atoms with Gasteiger partial charge < -0.3 is 9.64 Å². The fourth-order valence-electron chi connectivity index (χ4n) is 2.32. The smallest absolute Gasteiger partial charge is 0.341 e. The van der Waals surface area contributed by atoms with E-state index in [9.17, 15) is 18.4 Å². The average Bonchev–Trinajstić information content (AvgIpc) is 2.60. The number of para-hydroxylation sites is 1. The molecule has 1 aromatic heterocycles. The van der Waals surface area contributed by atoms with Gasteiger partial charge in [0, 0.05) is 17.9 Å². The van der Waals surface area contributed by atoms with Crippen molar-refractivity contribution < 1.29 is 23.1 Å². The van der Waals surface area contributed by atoms with E-state index in [1.54, 1.807) is 24.3 Å². The van der Waals surface area contributed by atoms with Gasteiger partial charge in [-0.2, -0.15) is 8.78 Å². The highest BCUT2D eigenvalue weighted by atomic mass is 32.2. The van der Waals surface area contributed by atoms with Gasteiger partial charge in [-0.05, 0) is 49.9 Å². The maximum Gasteiger partial charge on any atom is 0.341 e. The molecule has 1 amide bonds. The van der Waals surface area contributed by atoms with Crippen molar-refractivity contribution in [3.05, 3.63) is 54.2 Å². The van der Waals surface area contributed by atoms with Crippen LogP contribution in [0, 0.1) is 0 Å². The molecule has 0 saturated carbocycles. The summed E-state index contributed by atoms with van der Waals surface area (Å²) in [6.45, 7) is 3.18. The number of pyridine rings is 1. The molecule has 138 valence electrons. The van der Waals surface area contributed by atoms with Gasteiger partial charge in [0.25, 0.3) is 11.7 Å². The summed E-state index contributed by atoms with van der Waals surface area (Å²) in [4.78, 5) is 30.0. The Balaban J connectivity index is 2.08. The first-order valence-electron chi connectivity index (χ1n) is 7.84. The number of aromatic nitrogens is 1. The van der Waals surface area contributed by atoms with Crippen LogP contribution in [-0.4, -0.2) is 35.3 Å². The van der Waals surface area contributed by atoms with E-state index in [0.717, 1.165) is 0 Å². The standard InChI is InChI=1S/C18H18F2N2O3S/c1-12(2)22(13-7-4-3-5-8-13)15(23)11-25-17(24)14-9-6-10-21-16(14)26-18(19)20/h3-10,12,18H,11H2,1-2H3. The fourth-order valence-corrected chi connectivity index (χ4v) is 2.89. The average molecular weight is 380 g/mol. The van der Waals surface area contributed by atoms with E-state index in [1.165, 1.54) is 23.2 Å². The number of ether oxygens (including phenoxy) is 1. The number of carbonyl (C=O) groups excluding carboxylic acids is 2. The second-order valence-corrected chi connectivity index (χ2v) is 6.48. The molecule has 2 aromatic rings. The Bertz CT molecular complexity index is 757. The Hall–Kier alpha value is -2.48. The number of carbonyl (C=O) groups is 2. The normalized spacial score (nSPS) is 10.8. The number of alkyl halides is 2. The minimum absolute atomic E-state index is 0.0959. The molecule has 0 atom stereocenters. The molecular formula is C18H18F2N2O3S. The Labute approximate surface area is 154 Å². The van der Waals surface area contributed by atoms with E-state index in [0.29, 0.717) is 5.69 Å². The number of halogens is 2. The molecular weight excluding hydrogens is 362 g/mol.